The van der Waals surface area contributed by atoms with Crippen LogP contribution in [0.3, 0.4) is 0 Å². The maximum atomic E-state index is 13.3. The lowest BCUT2D eigenvalue weighted by Crippen LogP contribution is -2.49. The number of hydrogen-bond donors (Lipinski definition) is 0. The van der Waals surface area contributed by atoms with Gasteiger partial charge in [0.05, 0.1) is 15.7 Å². The van der Waals surface area contributed by atoms with E-state index in [2.05, 4.69) is 0 Å². The molecule has 0 radical (unpaired) electrons. The van der Waals surface area contributed by atoms with Crippen LogP contribution >= 0.6 is 23.2 Å². The molecule has 2 aromatic carbocycles. The smallest absolute Gasteiger partial charge is 0.254 e. The van der Waals surface area contributed by atoms with Gasteiger partial charge in [-0.25, -0.2) is 8.78 Å². The predicted octanol–water partition coefficient (Wildman–Crippen LogP) is 4.23. The first-order valence-corrected chi connectivity index (χ1v) is 8.16. The number of anilines is 1. The highest BCUT2D eigenvalue weighted by molar-refractivity contribution is 6.39. The summed E-state index contributed by atoms with van der Waals surface area (Å²) in [5, 5.41) is 1.12. The Morgan fingerprint density at radius 1 is 0.917 bits per heavy atom. The van der Waals surface area contributed by atoms with E-state index in [1.54, 1.807) is 23.1 Å². The molecule has 7 heteroatoms. The van der Waals surface area contributed by atoms with Crippen molar-refractivity contribution in [2.45, 2.75) is 0 Å². The lowest BCUT2D eigenvalue weighted by atomic mass is 10.1. The Morgan fingerprint density at radius 3 is 2.12 bits per heavy atom. The second-order valence-corrected chi connectivity index (χ2v) is 6.29. The topological polar surface area (TPSA) is 23.6 Å². The molecule has 1 amide bonds. The van der Waals surface area contributed by atoms with Gasteiger partial charge in [0.2, 0.25) is 0 Å². The summed E-state index contributed by atoms with van der Waals surface area (Å²) in [6.07, 6.45) is 0. The summed E-state index contributed by atoms with van der Waals surface area (Å²) in [5.74, 6) is -2.31. The molecule has 2 aromatic rings. The average Bonchev–Trinajstić information content (AvgIpc) is 2.57. The summed E-state index contributed by atoms with van der Waals surface area (Å²) in [5.41, 5.74) is 0.888. The van der Waals surface area contributed by atoms with Crippen molar-refractivity contribution in [3.05, 3.63) is 63.6 Å². The lowest BCUT2D eigenvalue weighted by Gasteiger charge is -2.36. The van der Waals surface area contributed by atoms with E-state index < -0.39 is 11.6 Å². The summed E-state index contributed by atoms with van der Waals surface area (Å²) in [6, 6.07) is 8.48. The third kappa shape index (κ3) is 3.32. The SMILES string of the molecule is O=C(c1ccc(F)c(F)c1)N1CCN(c2c(Cl)cccc2Cl)CC1. The van der Waals surface area contributed by atoms with Crippen molar-refractivity contribution in [1.29, 1.82) is 0 Å². The van der Waals surface area contributed by atoms with Crippen LogP contribution in [0, 0.1) is 11.6 Å². The summed E-state index contributed by atoms with van der Waals surface area (Å²) < 4.78 is 26.3. The van der Waals surface area contributed by atoms with Gasteiger partial charge in [-0.15, -0.1) is 0 Å². The molecule has 0 N–H and O–H groups in total. The molecule has 1 aliphatic rings. The Hall–Kier alpha value is -1.85. The number of para-hydroxylation sites is 1. The number of piperazine rings is 1. The molecule has 3 nitrogen and oxygen atoms in total. The number of rotatable bonds is 2. The number of carbonyl (C=O) groups excluding carboxylic acids is 1. The van der Waals surface area contributed by atoms with Crippen LogP contribution in [0.5, 0.6) is 0 Å². The molecule has 0 atom stereocenters. The monoisotopic (exact) mass is 370 g/mol. The first-order valence-electron chi connectivity index (χ1n) is 7.40. The van der Waals surface area contributed by atoms with Crippen LogP contribution in [0.4, 0.5) is 14.5 Å². The van der Waals surface area contributed by atoms with Gasteiger partial charge in [-0.3, -0.25) is 4.79 Å². The number of benzene rings is 2. The highest BCUT2D eigenvalue weighted by atomic mass is 35.5. The number of carbonyl (C=O) groups is 1. The van der Waals surface area contributed by atoms with Crippen LogP contribution in [0.2, 0.25) is 10.0 Å². The molecule has 1 fully saturated rings. The minimum atomic E-state index is -1.03. The fourth-order valence-corrected chi connectivity index (χ4v) is 3.37. The third-order valence-corrected chi connectivity index (χ3v) is 4.60. The number of amides is 1. The Labute approximate surface area is 148 Å². The maximum absolute atomic E-state index is 13.3. The van der Waals surface area contributed by atoms with Crippen LogP contribution in [0.1, 0.15) is 10.4 Å². The van der Waals surface area contributed by atoms with Gasteiger partial charge < -0.3 is 9.80 Å². The highest BCUT2D eigenvalue weighted by Gasteiger charge is 2.25. The van der Waals surface area contributed by atoms with E-state index in [1.807, 2.05) is 4.90 Å². The number of halogens is 4. The molecule has 0 spiro atoms. The van der Waals surface area contributed by atoms with Gasteiger partial charge in [0.1, 0.15) is 0 Å². The minimum absolute atomic E-state index is 0.137. The first kappa shape index (κ1) is 17.0. The molecule has 1 heterocycles. The zero-order chi connectivity index (χ0) is 17.3. The Bertz CT molecular complexity index is 757. The fraction of sp³-hybridized carbons (Fsp3) is 0.235. The molecule has 0 unspecified atom stereocenters. The van der Waals surface area contributed by atoms with Crippen LogP contribution in [0.25, 0.3) is 0 Å². The Balaban J connectivity index is 1.70. The van der Waals surface area contributed by atoms with E-state index in [9.17, 15) is 13.6 Å². The molecule has 3 rings (SSSR count). The maximum Gasteiger partial charge on any atom is 0.254 e. The van der Waals surface area contributed by atoms with Crippen LogP contribution < -0.4 is 4.90 Å². The molecule has 1 saturated heterocycles. The first-order chi connectivity index (χ1) is 11.5. The largest absolute Gasteiger partial charge is 0.366 e. The zero-order valence-corrected chi connectivity index (χ0v) is 14.1. The summed E-state index contributed by atoms with van der Waals surface area (Å²) in [6.45, 7) is 2.00. The van der Waals surface area contributed by atoms with Gasteiger partial charge in [0.25, 0.3) is 5.91 Å². The van der Waals surface area contributed by atoms with Crippen LogP contribution in [0.15, 0.2) is 36.4 Å². The molecule has 0 saturated carbocycles. The molecular weight excluding hydrogens is 357 g/mol. The van der Waals surface area contributed by atoms with Gasteiger partial charge in [-0.05, 0) is 30.3 Å². The minimum Gasteiger partial charge on any atom is -0.366 e. The lowest BCUT2D eigenvalue weighted by molar-refractivity contribution is 0.0746. The summed E-state index contributed by atoms with van der Waals surface area (Å²) >= 11 is 12.4. The van der Waals surface area contributed by atoms with Crippen molar-refractivity contribution in [1.82, 2.24) is 4.90 Å². The van der Waals surface area contributed by atoms with Crippen molar-refractivity contribution >= 4 is 34.8 Å². The Morgan fingerprint density at radius 2 is 1.54 bits per heavy atom. The third-order valence-electron chi connectivity index (χ3n) is 3.99. The van der Waals surface area contributed by atoms with E-state index in [0.29, 0.717) is 36.2 Å². The molecular formula is C17H14Cl2F2N2O. The van der Waals surface area contributed by atoms with Crippen molar-refractivity contribution in [3.63, 3.8) is 0 Å². The quantitative estimate of drug-likeness (QED) is 0.789. The van der Waals surface area contributed by atoms with Crippen molar-refractivity contribution in [2.75, 3.05) is 31.1 Å². The van der Waals surface area contributed by atoms with Gasteiger partial charge in [0, 0.05) is 31.7 Å². The molecule has 0 aromatic heterocycles. The highest BCUT2D eigenvalue weighted by Crippen LogP contribution is 2.34. The normalized spacial score (nSPS) is 14.8. The summed E-state index contributed by atoms with van der Waals surface area (Å²) in [4.78, 5) is 16.0. The van der Waals surface area contributed by atoms with E-state index in [4.69, 9.17) is 23.2 Å². The van der Waals surface area contributed by atoms with Crippen molar-refractivity contribution in [2.24, 2.45) is 0 Å². The fourth-order valence-electron chi connectivity index (χ4n) is 2.74. The number of hydrogen-bond acceptors (Lipinski definition) is 2. The second-order valence-electron chi connectivity index (χ2n) is 5.48. The number of nitrogens with zero attached hydrogens (tertiary/aromatic N) is 2. The summed E-state index contributed by atoms with van der Waals surface area (Å²) in [7, 11) is 0. The molecule has 1 aliphatic heterocycles. The van der Waals surface area contributed by atoms with E-state index in [-0.39, 0.29) is 11.5 Å². The standard InChI is InChI=1S/C17H14Cl2F2N2O/c18-12-2-1-3-13(19)16(12)22-6-8-23(9-7-22)17(24)11-4-5-14(20)15(21)10-11/h1-5,10H,6-9H2. The van der Waals surface area contributed by atoms with Gasteiger partial charge in [0.15, 0.2) is 11.6 Å². The predicted molar refractivity (Wildman–Crippen MR) is 90.9 cm³/mol. The van der Waals surface area contributed by atoms with Gasteiger partial charge >= 0.3 is 0 Å². The van der Waals surface area contributed by atoms with Crippen molar-refractivity contribution in [3.8, 4) is 0 Å². The average molecular weight is 371 g/mol. The van der Waals surface area contributed by atoms with Crippen LogP contribution in [-0.4, -0.2) is 37.0 Å². The van der Waals surface area contributed by atoms with Gasteiger partial charge in [-0.2, -0.15) is 0 Å². The molecule has 126 valence electrons. The Kier molecular flexibility index (Phi) is 4.92. The van der Waals surface area contributed by atoms with E-state index in [0.717, 1.165) is 17.8 Å². The van der Waals surface area contributed by atoms with Gasteiger partial charge in [-0.1, -0.05) is 29.3 Å². The van der Waals surface area contributed by atoms with Crippen molar-refractivity contribution < 1.29 is 13.6 Å². The van der Waals surface area contributed by atoms with E-state index >= 15 is 0 Å². The molecule has 0 bridgehead atoms. The van der Waals surface area contributed by atoms with Crippen LogP contribution in [-0.2, 0) is 0 Å². The molecule has 0 aliphatic carbocycles. The van der Waals surface area contributed by atoms with E-state index in [1.165, 1.54) is 6.07 Å². The zero-order valence-electron chi connectivity index (χ0n) is 12.6. The molecule has 24 heavy (non-hydrogen) atoms. The second kappa shape index (κ2) is 6.95.